The summed E-state index contributed by atoms with van der Waals surface area (Å²) in [6.07, 6.45) is 5.99. The molecule has 1 unspecified atom stereocenters. The first-order valence-electron chi connectivity index (χ1n) is 7.26. The molecule has 0 saturated carbocycles. The minimum atomic E-state index is -0.656. The van der Waals surface area contributed by atoms with E-state index in [0.29, 0.717) is 12.3 Å². The Morgan fingerprint density at radius 1 is 1.22 bits per heavy atom. The van der Waals surface area contributed by atoms with Crippen LogP contribution in [0, 0.1) is 11.8 Å². The third-order valence-electron chi connectivity index (χ3n) is 4.23. The fourth-order valence-corrected chi connectivity index (χ4v) is 3.17. The van der Waals surface area contributed by atoms with Crippen LogP contribution in [0.5, 0.6) is 0 Å². The third-order valence-corrected chi connectivity index (χ3v) is 4.23. The maximum absolute atomic E-state index is 10.6. The summed E-state index contributed by atoms with van der Waals surface area (Å²) in [5.41, 5.74) is 0. The molecule has 0 spiro atoms. The summed E-state index contributed by atoms with van der Waals surface area (Å²) in [6, 6.07) is 0. The zero-order chi connectivity index (χ0) is 12.8. The summed E-state index contributed by atoms with van der Waals surface area (Å²) < 4.78 is 5.39. The highest BCUT2D eigenvalue weighted by Crippen LogP contribution is 2.24. The quantitative estimate of drug-likeness (QED) is 0.816. The van der Waals surface area contributed by atoms with Crippen molar-refractivity contribution in [1.82, 2.24) is 4.90 Å². The van der Waals surface area contributed by atoms with E-state index in [0.717, 1.165) is 32.1 Å². The molecule has 0 aromatic heterocycles. The van der Waals surface area contributed by atoms with Crippen LogP contribution in [-0.4, -0.2) is 48.8 Å². The summed E-state index contributed by atoms with van der Waals surface area (Å²) in [6.45, 7) is 5.32. The smallest absolute Gasteiger partial charge is 0.303 e. The van der Waals surface area contributed by atoms with E-state index in [1.54, 1.807) is 0 Å². The van der Waals surface area contributed by atoms with Gasteiger partial charge in [0.1, 0.15) is 0 Å². The molecule has 18 heavy (non-hydrogen) atoms. The van der Waals surface area contributed by atoms with Crippen molar-refractivity contribution in [3.05, 3.63) is 0 Å². The highest BCUT2D eigenvalue weighted by Gasteiger charge is 2.23. The Hall–Kier alpha value is -0.610. The number of ether oxygens (including phenoxy) is 1. The number of hydrogen-bond donors (Lipinski definition) is 1. The lowest BCUT2D eigenvalue weighted by Gasteiger charge is -2.36. The average molecular weight is 255 g/mol. The van der Waals surface area contributed by atoms with Crippen molar-refractivity contribution in [2.24, 2.45) is 11.8 Å². The summed E-state index contributed by atoms with van der Waals surface area (Å²) >= 11 is 0. The molecule has 2 heterocycles. The van der Waals surface area contributed by atoms with Crippen LogP contribution in [0.15, 0.2) is 0 Å². The molecule has 0 aromatic carbocycles. The van der Waals surface area contributed by atoms with E-state index in [4.69, 9.17) is 9.84 Å². The molecule has 104 valence electrons. The minimum absolute atomic E-state index is 0.329. The number of carboxylic acids is 1. The van der Waals surface area contributed by atoms with Gasteiger partial charge in [-0.3, -0.25) is 4.79 Å². The van der Waals surface area contributed by atoms with Gasteiger partial charge in [0.15, 0.2) is 0 Å². The monoisotopic (exact) mass is 255 g/mol. The van der Waals surface area contributed by atoms with Gasteiger partial charge in [0, 0.05) is 32.7 Å². The van der Waals surface area contributed by atoms with Crippen molar-refractivity contribution in [2.45, 2.75) is 38.5 Å². The molecule has 0 bridgehead atoms. The molecule has 1 N–H and O–H groups in total. The second-order valence-electron chi connectivity index (χ2n) is 5.76. The number of hydrogen-bond acceptors (Lipinski definition) is 3. The number of carboxylic acid groups (broad SMARTS) is 1. The number of carbonyl (C=O) groups is 1. The summed E-state index contributed by atoms with van der Waals surface area (Å²) in [5, 5.41) is 8.74. The zero-order valence-corrected chi connectivity index (χ0v) is 11.1. The van der Waals surface area contributed by atoms with E-state index in [2.05, 4.69) is 4.90 Å². The normalized spacial score (nSPS) is 27.2. The predicted molar refractivity (Wildman–Crippen MR) is 69.6 cm³/mol. The van der Waals surface area contributed by atoms with Crippen molar-refractivity contribution < 1.29 is 14.6 Å². The van der Waals surface area contributed by atoms with E-state index >= 15 is 0 Å². The van der Waals surface area contributed by atoms with Crippen molar-refractivity contribution >= 4 is 5.97 Å². The molecular formula is C14H25NO3. The standard InChI is InChI=1S/C14H25NO3/c16-14(17)4-3-12-2-1-7-15(10-12)11-13-5-8-18-9-6-13/h12-13H,1-11H2,(H,16,17). The molecule has 2 aliphatic rings. The molecule has 0 aromatic rings. The number of rotatable bonds is 5. The van der Waals surface area contributed by atoms with Crippen LogP contribution in [-0.2, 0) is 9.53 Å². The summed E-state index contributed by atoms with van der Waals surface area (Å²) in [4.78, 5) is 13.2. The van der Waals surface area contributed by atoms with E-state index in [1.807, 2.05) is 0 Å². The second kappa shape index (κ2) is 7.10. The lowest BCUT2D eigenvalue weighted by molar-refractivity contribution is -0.137. The van der Waals surface area contributed by atoms with Gasteiger partial charge in [-0.2, -0.15) is 0 Å². The highest BCUT2D eigenvalue weighted by molar-refractivity contribution is 5.66. The van der Waals surface area contributed by atoms with Gasteiger partial charge in [-0.1, -0.05) is 0 Å². The van der Waals surface area contributed by atoms with Gasteiger partial charge in [0.2, 0.25) is 0 Å². The Kier molecular flexibility index (Phi) is 5.45. The maximum atomic E-state index is 10.6. The Bertz CT molecular complexity index is 264. The van der Waals surface area contributed by atoms with Crippen LogP contribution in [0.3, 0.4) is 0 Å². The van der Waals surface area contributed by atoms with Gasteiger partial charge in [-0.15, -0.1) is 0 Å². The van der Waals surface area contributed by atoms with Crippen molar-refractivity contribution in [3.63, 3.8) is 0 Å². The number of likely N-dealkylation sites (tertiary alicyclic amines) is 1. The minimum Gasteiger partial charge on any atom is -0.481 e. The third kappa shape index (κ3) is 4.58. The van der Waals surface area contributed by atoms with E-state index < -0.39 is 5.97 Å². The first kappa shape index (κ1) is 13.8. The second-order valence-corrected chi connectivity index (χ2v) is 5.76. The number of piperidine rings is 1. The molecule has 4 nitrogen and oxygen atoms in total. The first-order chi connectivity index (χ1) is 8.74. The summed E-state index contributed by atoms with van der Waals surface area (Å²) in [5.74, 6) is 0.725. The van der Waals surface area contributed by atoms with Crippen molar-refractivity contribution in [2.75, 3.05) is 32.8 Å². The maximum Gasteiger partial charge on any atom is 0.303 e. The van der Waals surface area contributed by atoms with Gasteiger partial charge in [-0.25, -0.2) is 0 Å². The molecule has 2 saturated heterocycles. The van der Waals surface area contributed by atoms with Crippen LogP contribution in [0.2, 0.25) is 0 Å². The SMILES string of the molecule is O=C(O)CCC1CCCN(CC2CCOCC2)C1. The van der Waals surface area contributed by atoms with E-state index in [9.17, 15) is 4.79 Å². The van der Waals surface area contributed by atoms with Crippen molar-refractivity contribution in [1.29, 1.82) is 0 Å². The van der Waals surface area contributed by atoms with Crippen LogP contribution < -0.4 is 0 Å². The van der Waals surface area contributed by atoms with Crippen LogP contribution in [0.1, 0.15) is 38.5 Å². The lowest BCUT2D eigenvalue weighted by Crippen LogP contribution is -2.39. The number of aliphatic carboxylic acids is 1. The first-order valence-corrected chi connectivity index (χ1v) is 7.26. The Balaban J connectivity index is 1.70. The Morgan fingerprint density at radius 2 is 2.00 bits per heavy atom. The van der Waals surface area contributed by atoms with Crippen LogP contribution in [0.25, 0.3) is 0 Å². The Labute approximate surface area is 109 Å². The molecule has 2 rings (SSSR count). The van der Waals surface area contributed by atoms with Crippen molar-refractivity contribution in [3.8, 4) is 0 Å². The lowest BCUT2D eigenvalue weighted by atomic mass is 9.91. The Morgan fingerprint density at radius 3 is 2.72 bits per heavy atom. The fourth-order valence-electron chi connectivity index (χ4n) is 3.17. The van der Waals surface area contributed by atoms with Gasteiger partial charge < -0.3 is 14.7 Å². The van der Waals surface area contributed by atoms with Crippen LogP contribution in [0.4, 0.5) is 0 Å². The summed E-state index contributed by atoms with van der Waals surface area (Å²) in [7, 11) is 0. The molecule has 4 heteroatoms. The largest absolute Gasteiger partial charge is 0.481 e. The molecular weight excluding hydrogens is 230 g/mol. The van der Waals surface area contributed by atoms with Gasteiger partial charge in [-0.05, 0) is 50.5 Å². The average Bonchev–Trinajstić information content (AvgIpc) is 2.38. The van der Waals surface area contributed by atoms with Gasteiger partial charge in [0.05, 0.1) is 0 Å². The molecule has 1 atom stereocenters. The van der Waals surface area contributed by atoms with Gasteiger partial charge >= 0.3 is 5.97 Å². The molecule has 0 radical (unpaired) electrons. The van der Waals surface area contributed by atoms with E-state index in [-0.39, 0.29) is 0 Å². The zero-order valence-electron chi connectivity index (χ0n) is 11.1. The fraction of sp³-hybridized carbons (Fsp3) is 0.929. The van der Waals surface area contributed by atoms with E-state index in [1.165, 1.54) is 38.8 Å². The molecule has 2 aliphatic heterocycles. The van der Waals surface area contributed by atoms with Gasteiger partial charge in [0.25, 0.3) is 0 Å². The molecule has 0 aliphatic carbocycles. The van der Waals surface area contributed by atoms with Crippen LogP contribution >= 0.6 is 0 Å². The predicted octanol–water partition coefficient (Wildman–Crippen LogP) is 1.99. The molecule has 0 amide bonds. The number of nitrogens with zero attached hydrogens (tertiary/aromatic N) is 1. The highest BCUT2D eigenvalue weighted by atomic mass is 16.5. The topological polar surface area (TPSA) is 49.8 Å². The molecule has 2 fully saturated rings.